The molecular formula is C17H24N2O. The van der Waals surface area contributed by atoms with E-state index in [1.54, 1.807) is 11.9 Å². The second-order valence-corrected chi connectivity index (χ2v) is 5.40. The van der Waals surface area contributed by atoms with Crippen molar-refractivity contribution >= 4 is 11.6 Å². The van der Waals surface area contributed by atoms with Crippen LogP contribution in [0.25, 0.3) is 0 Å². The average Bonchev–Trinajstić information content (AvgIpc) is 2.45. The van der Waals surface area contributed by atoms with Crippen molar-refractivity contribution < 1.29 is 4.79 Å². The molecule has 0 bridgehead atoms. The summed E-state index contributed by atoms with van der Waals surface area (Å²) in [5, 5.41) is 9.56. The van der Waals surface area contributed by atoms with E-state index in [4.69, 9.17) is 0 Å². The van der Waals surface area contributed by atoms with Gasteiger partial charge >= 0.3 is 0 Å². The van der Waals surface area contributed by atoms with Gasteiger partial charge in [0.1, 0.15) is 5.41 Å². The van der Waals surface area contributed by atoms with Crippen LogP contribution in [0.4, 0.5) is 5.69 Å². The van der Waals surface area contributed by atoms with Gasteiger partial charge in [0.25, 0.3) is 0 Å². The van der Waals surface area contributed by atoms with Crippen LogP contribution in [0.15, 0.2) is 24.3 Å². The Morgan fingerprint density at radius 2 is 1.90 bits per heavy atom. The molecule has 0 aliphatic carbocycles. The molecule has 1 rings (SSSR count). The molecule has 1 aromatic rings. The first kappa shape index (κ1) is 16.2. The Hall–Kier alpha value is -1.82. The Balaban J connectivity index is 3.09. The lowest BCUT2D eigenvalue weighted by molar-refractivity contribution is -0.125. The van der Waals surface area contributed by atoms with Gasteiger partial charge in [0.05, 0.1) is 6.07 Å². The standard InChI is InChI=1S/C17H24N2O/c1-5-10-17(13-18,11-6-2)16(20)19(4)15-9-7-8-14(3)12-15/h7-9,12H,5-6,10-11H2,1-4H3. The number of nitrogens with zero attached hydrogens (tertiary/aromatic N) is 2. The van der Waals surface area contributed by atoms with Crippen LogP contribution >= 0.6 is 0 Å². The van der Waals surface area contributed by atoms with Gasteiger partial charge in [-0.05, 0) is 37.5 Å². The second kappa shape index (κ2) is 7.09. The highest BCUT2D eigenvalue weighted by Crippen LogP contribution is 2.33. The fraction of sp³-hybridized carbons (Fsp3) is 0.529. The molecule has 1 aromatic carbocycles. The Morgan fingerprint density at radius 3 is 2.35 bits per heavy atom. The Morgan fingerprint density at radius 1 is 1.30 bits per heavy atom. The molecule has 0 aliphatic rings. The predicted molar refractivity (Wildman–Crippen MR) is 82.5 cm³/mol. The van der Waals surface area contributed by atoms with Crippen molar-refractivity contribution in [1.29, 1.82) is 5.26 Å². The minimum atomic E-state index is -0.887. The van der Waals surface area contributed by atoms with Crippen LogP contribution in [0.2, 0.25) is 0 Å². The fourth-order valence-electron chi connectivity index (χ4n) is 2.63. The highest BCUT2D eigenvalue weighted by Gasteiger charge is 2.39. The van der Waals surface area contributed by atoms with Crippen molar-refractivity contribution in [3.63, 3.8) is 0 Å². The van der Waals surface area contributed by atoms with Gasteiger partial charge < -0.3 is 4.90 Å². The maximum absolute atomic E-state index is 12.8. The maximum atomic E-state index is 12.8. The quantitative estimate of drug-likeness (QED) is 0.783. The van der Waals surface area contributed by atoms with Crippen molar-refractivity contribution in [3.05, 3.63) is 29.8 Å². The molecule has 0 heterocycles. The average molecular weight is 272 g/mol. The first-order valence-corrected chi connectivity index (χ1v) is 7.26. The van der Waals surface area contributed by atoms with Crippen molar-refractivity contribution in [2.75, 3.05) is 11.9 Å². The minimum absolute atomic E-state index is 0.0886. The Kier molecular flexibility index (Phi) is 5.76. The third-order valence-electron chi connectivity index (χ3n) is 3.67. The number of hydrogen-bond acceptors (Lipinski definition) is 2. The maximum Gasteiger partial charge on any atom is 0.247 e. The van der Waals surface area contributed by atoms with Gasteiger partial charge in [0, 0.05) is 12.7 Å². The molecule has 0 saturated carbocycles. The smallest absolute Gasteiger partial charge is 0.247 e. The van der Waals surface area contributed by atoms with E-state index in [-0.39, 0.29) is 5.91 Å². The zero-order chi connectivity index (χ0) is 15.2. The summed E-state index contributed by atoms with van der Waals surface area (Å²) in [5.74, 6) is -0.0886. The van der Waals surface area contributed by atoms with E-state index in [2.05, 4.69) is 6.07 Å². The van der Waals surface area contributed by atoms with Crippen LogP contribution in [0.5, 0.6) is 0 Å². The highest BCUT2D eigenvalue weighted by atomic mass is 16.2. The van der Waals surface area contributed by atoms with Crippen LogP contribution in [0.3, 0.4) is 0 Å². The molecule has 1 amide bonds. The number of hydrogen-bond donors (Lipinski definition) is 0. The molecular weight excluding hydrogens is 248 g/mol. The van der Waals surface area contributed by atoms with Crippen molar-refractivity contribution in [3.8, 4) is 6.07 Å². The van der Waals surface area contributed by atoms with E-state index in [0.29, 0.717) is 12.8 Å². The normalized spacial score (nSPS) is 10.9. The van der Waals surface area contributed by atoms with Gasteiger partial charge in [0.15, 0.2) is 0 Å². The Labute approximate surface area is 122 Å². The van der Waals surface area contributed by atoms with Crippen molar-refractivity contribution in [2.24, 2.45) is 5.41 Å². The van der Waals surface area contributed by atoms with Crippen molar-refractivity contribution in [1.82, 2.24) is 0 Å². The molecule has 20 heavy (non-hydrogen) atoms. The van der Waals surface area contributed by atoms with Crippen LogP contribution in [-0.4, -0.2) is 13.0 Å². The van der Waals surface area contributed by atoms with E-state index >= 15 is 0 Å². The summed E-state index contributed by atoms with van der Waals surface area (Å²) in [6.45, 7) is 6.03. The molecule has 0 aromatic heterocycles. The first-order valence-electron chi connectivity index (χ1n) is 7.26. The SMILES string of the molecule is CCCC(C#N)(CCC)C(=O)N(C)c1cccc(C)c1. The topological polar surface area (TPSA) is 44.1 Å². The van der Waals surface area contributed by atoms with Crippen LogP contribution in [0.1, 0.15) is 45.1 Å². The lowest BCUT2D eigenvalue weighted by Gasteiger charge is -2.30. The van der Waals surface area contributed by atoms with E-state index in [1.165, 1.54) is 0 Å². The molecule has 0 saturated heterocycles. The highest BCUT2D eigenvalue weighted by molar-refractivity contribution is 5.99. The summed E-state index contributed by atoms with van der Waals surface area (Å²) in [5.41, 5.74) is 1.07. The van der Waals surface area contributed by atoms with E-state index in [0.717, 1.165) is 24.1 Å². The molecule has 0 atom stereocenters. The van der Waals surface area contributed by atoms with E-state index < -0.39 is 5.41 Å². The molecule has 0 spiro atoms. The number of anilines is 1. The molecule has 0 radical (unpaired) electrons. The molecule has 0 aliphatic heterocycles. The molecule has 0 N–H and O–H groups in total. The number of carbonyl (C=O) groups excluding carboxylic acids is 1. The van der Waals surface area contributed by atoms with E-state index in [1.807, 2.05) is 45.0 Å². The molecule has 108 valence electrons. The summed E-state index contributed by atoms with van der Waals surface area (Å²) in [6.07, 6.45) is 2.90. The number of benzene rings is 1. The summed E-state index contributed by atoms with van der Waals surface area (Å²) in [6, 6.07) is 10.1. The summed E-state index contributed by atoms with van der Waals surface area (Å²) in [7, 11) is 1.76. The molecule has 3 heteroatoms. The van der Waals surface area contributed by atoms with Gasteiger partial charge in [0.2, 0.25) is 5.91 Å². The number of aryl methyl sites for hydroxylation is 1. The van der Waals surface area contributed by atoms with Crippen molar-refractivity contribution in [2.45, 2.75) is 46.5 Å². The fourth-order valence-corrected chi connectivity index (χ4v) is 2.63. The summed E-state index contributed by atoms with van der Waals surface area (Å²) >= 11 is 0. The second-order valence-electron chi connectivity index (χ2n) is 5.40. The van der Waals surface area contributed by atoms with Crippen LogP contribution in [0, 0.1) is 23.7 Å². The van der Waals surface area contributed by atoms with Crippen LogP contribution < -0.4 is 4.90 Å². The van der Waals surface area contributed by atoms with Gasteiger partial charge in [-0.1, -0.05) is 38.8 Å². The third kappa shape index (κ3) is 3.39. The van der Waals surface area contributed by atoms with Gasteiger partial charge in [-0.25, -0.2) is 0 Å². The zero-order valence-electron chi connectivity index (χ0n) is 12.9. The monoisotopic (exact) mass is 272 g/mol. The lowest BCUT2D eigenvalue weighted by atomic mass is 9.79. The van der Waals surface area contributed by atoms with Gasteiger partial charge in [-0.3, -0.25) is 4.79 Å². The molecule has 3 nitrogen and oxygen atoms in total. The minimum Gasteiger partial charge on any atom is -0.314 e. The van der Waals surface area contributed by atoms with E-state index in [9.17, 15) is 10.1 Å². The molecule has 0 unspecified atom stereocenters. The largest absolute Gasteiger partial charge is 0.314 e. The Bertz CT molecular complexity index is 496. The lowest BCUT2D eigenvalue weighted by Crippen LogP contribution is -2.41. The predicted octanol–water partition coefficient (Wildman–Crippen LogP) is 4.07. The number of nitriles is 1. The molecule has 0 fully saturated rings. The summed E-state index contributed by atoms with van der Waals surface area (Å²) < 4.78 is 0. The zero-order valence-corrected chi connectivity index (χ0v) is 12.9. The first-order chi connectivity index (χ1) is 9.50. The van der Waals surface area contributed by atoms with Gasteiger partial charge in [-0.2, -0.15) is 5.26 Å². The number of amides is 1. The number of carbonyl (C=O) groups is 1. The third-order valence-corrected chi connectivity index (χ3v) is 3.67. The summed E-state index contributed by atoms with van der Waals surface area (Å²) in [4.78, 5) is 14.4. The van der Waals surface area contributed by atoms with Crippen LogP contribution in [-0.2, 0) is 4.79 Å². The van der Waals surface area contributed by atoms with Gasteiger partial charge in [-0.15, -0.1) is 0 Å². The number of rotatable bonds is 6.